The molecule has 0 bridgehead atoms. The Kier molecular flexibility index (Phi) is 3.65. The molecule has 0 spiro atoms. The Morgan fingerprint density at radius 1 is 1.71 bits per heavy atom. The maximum absolute atomic E-state index is 3.54. The summed E-state index contributed by atoms with van der Waals surface area (Å²) in [5.74, 6) is 0. The predicted molar refractivity (Wildman–Crippen MR) is 31.9 cm³/mol. The van der Waals surface area contributed by atoms with Gasteiger partial charge in [0.2, 0.25) is 0 Å². The second-order valence-electron chi connectivity index (χ2n) is 1.55. The van der Waals surface area contributed by atoms with Crippen LogP contribution in [0.4, 0.5) is 0 Å². The van der Waals surface area contributed by atoms with Crippen LogP contribution in [0.3, 0.4) is 0 Å². The largest absolute Gasteiger partial charge is 0.252 e. The average Bonchev–Trinajstić information content (AvgIpc) is 1.61. The number of rotatable bonds is 3. The van der Waals surface area contributed by atoms with Crippen LogP contribution in [0.2, 0.25) is 0 Å². The molecule has 0 saturated heterocycles. The van der Waals surface area contributed by atoms with Crippen molar-refractivity contribution in [3.63, 3.8) is 0 Å². The van der Waals surface area contributed by atoms with Crippen molar-refractivity contribution in [1.82, 2.24) is 10.4 Å². The lowest BCUT2D eigenvalue weighted by atomic mass is 10.7. The standard InChI is InChI=1S/C5H12N2/c1-4-5-6-7(2)3/h4,6H,1,5H2,2-3H3. The average molecular weight is 100 g/mol. The smallest absolute Gasteiger partial charge is 0.0280 e. The van der Waals surface area contributed by atoms with E-state index < -0.39 is 0 Å². The Bertz CT molecular complexity index is 50.0. The first-order valence-electron chi connectivity index (χ1n) is 2.29. The van der Waals surface area contributed by atoms with Gasteiger partial charge in [0.15, 0.2) is 0 Å². The molecular formula is C5H12N2. The van der Waals surface area contributed by atoms with E-state index in [0.717, 1.165) is 6.54 Å². The summed E-state index contributed by atoms with van der Waals surface area (Å²) in [5, 5.41) is 1.89. The van der Waals surface area contributed by atoms with Gasteiger partial charge in [0.05, 0.1) is 0 Å². The number of nitrogens with one attached hydrogen (secondary N) is 1. The van der Waals surface area contributed by atoms with E-state index in [2.05, 4.69) is 12.0 Å². The van der Waals surface area contributed by atoms with E-state index in [1.165, 1.54) is 0 Å². The molecule has 0 aliphatic carbocycles. The van der Waals surface area contributed by atoms with Gasteiger partial charge in [0.1, 0.15) is 0 Å². The minimum atomic E-state index is 0.840. The molecule has 0 saturated carbocycles. The van der Waals surface area contributed by atoms with E-state index in [1.807, 2.05) is 25.2 Å². The van der Waals surface area contributed by atoms with Crippen molar-refractivity contribution in [1.29, 1.82) is 0 Å². The molecule has 0 aliphatic rings. The Morgan fingerprint density at radius 2 is 2.29 bits per heavy atom. The first-order valence-corrected chi connectivity index (χ1v) is 2.29. The molecule has 1 N–H and O–H groups in total. The highest BCUT2D eigenvalue weighted by Crippen LogP contribution is 1.61. The first kappa shape index (κ1) is 6.66. The maximum Gasteiger partial charge on any atom is 0.0280 e. The van der Waals surface area contributed by atoms with Crippen LogP contribution >= 0.6 is 0 Å². The van der Waals surface area contributed by atoms with Crippen LogP contribution in [0.5, 0.6) is 0 Å². The lowest BCUT2D eigenvalue weighted by molar-refractivity contribution is 0.306. The molecule has 42 valence electrons. The summed E-state index contributed by atoms with van der Waals surface area (Å²) in [4.78, 5) is 0. The molecular weight excluding hydrogens is 88.1 g/mol. The third-order valence-electron chi connectivity index (χ3n) is 0.552. The molecule has 0 atom stereocenters. The number of hydrogen-bond donors (Lipinski definition) is 1. The van der Waals surface area contributed by atoms with Gasteiger partial charge in [-0.1, -0.05) is 6.08 Å². The molecule has 0 aromatic rings. The van der Waals surface area contributed by atoms with E-state index in [4.69, 9.17) is 0 Å². The van der Waals surface area contributed by atoms with Gasteiger partial charge < -0.3 is 0 Å². The van der Waals surface area contributed by atoms with Gasteiger partial charge in [-0.3, -0.25) is 10.4 Å². The SMILES string of the molecule is C=CCNN(C)C. The molecule has 0 aromatic heterocycles. The minimum Gasteiger partial charge on any atom is -0.252 e. The molecule has 0 aromatic carbocycles. The monoisotopic (exact) mass is 100 g/mol. The maximum atomic E-state index is 3.54. The summed E-state index contributed by atoms with van der Waals surface area (Å²) >= 11 is 0. The Morgan fingerprint density at radius 3 is 2.43 bits per heavy atom. The van der Waals surface area contributed by atoms with Gasteiger partial charge >= 0.3 is 0 Å². The summed E-state index contributed by atoms with van der Waals surface area (Å²) in [6.07, 6.45) is 1.82. The number of nitrogens with zero attached hydrogens (tertiary/aromatic N) is 1. The number of hydrogen-bond acceptors (Lipinski definition) is 2. The molecule has 0 rings (SSSR count). The third-order valence-corrected chi connectivity index (χ3v) is 0.552. The van der Waals surface area contributed by atoms with E-state index >= 15 is 0 Å². The Labute approximate surface area is 44.8 Å². The normalized spacial score (nSPS) is 9.57. The fourth-order valence-electron chi connectivity index (χ4n) is 0.247. The van der Waals surface area contributed by atoms with Crippen LogP contribution in [-0.4, -0.2) is 25.6 Å². The quantitative estimate of drug-likeness (QED) is 0.403. The lowest BCUT2D eigenvalue weighted by Crippen LogP contribution is -2.29. The molecule has 0 heterocycles. The molecule has 0 radical (unpaired) electrons. The van der Waals surface area contributed by atoms with Gasteiger partial charge in [0.25, 0.3) is 0 Å². The topological polar surface area (TPSA) is 15.3 Å². The molecule has 0 unspecified atom stereocenters. The van der Waals surface area contributed by atoms with Crippen LogP contribution in [-0.2, 0) is 0 Å². The van der Waals surface area contributed by atoms with Crippen molar-refractivity contribution in [2.75, 3.05) is 20.6 Å². The molecule has 2 nitrogen and oxygen atoms in total. The summed E-state index contributed by atoms with van der Waals surface area (Å²) < 4.78 is 0. The highest BCUT2D eigenvalue weighted by molar-refractivity contribution is 4.67. The molecule has 0 amide bonds. The molecule has 0 aliphatic heterocycles. The highest BCUT2D eigenvalue weighted by atomic mass is 15.5. The fraction of sp³-hybridized carbons (Fsp3) is 0.600. The molecule has 0 fully saturated rings. The highest BCUT2D eigenvalue weighted by Gasteiger charge is 1.77. The van der Waals surface area contributed by atoms with Crippen molar-refractivity contribution < 1.29 is 0 Å². The van der Waals surface area contributed by atoms with Gasteiger partial charge in [-0.15, -0.1) is 6.58 Å². The lowest BCUT2D eigenvalue weighted by Gasteiger charge is -2.07. The van der Waals surface area contributed by atoms with E-state index in [9.17, 15) is 0 Å². The van der Waals surface area contributed by atoms with E-state index in [-0.39, 0.29) is 0 Å². The second-order valence-corrected chi connectivity index (χ2v) is 1.55. The molecule has 2 heteroatoms. The zero-order valence-electron chi connectivity index (χ0n) is 4.94. The second kappa shape index (κ2) is 3.84. The Hall–Kier alpha value is -0.340. The number of hydrazine groups is 1. The summed E-state index contributed by atoms with van der Waals surface area (Å²) in [7, 11) is 3.90. The summed E-state index contributed by atoms with van der Waals surface area (Å²) in [6.45, 7) is 4.38. The van der Waals surface area contributed by atoms with Gasteiger partial charge in [-0.2, -0.15) is 0 Å². The van der Waals surface area contributed by atoms with Crippen molar-refractivity contribution >= 4 is 0 Å². The van der Waals surface area contributed by atoms with Gasteiger partial charge in [0, 0.05) is 20.6 Å². The Balaban J connectivity index is 2.81. The van der Waals surface area contributed by atoms with Crippen LogP contribution in [0.15, 0.2) is 12.7 Å². The summed E-state index contributed by atoms with van der Waals surface area (Å²) in [6, 6.07) is 0. The van der Waals surface area contributed by atoms with E-state index in [0.29, 0.717) is 0 Å². The van der Waals surface area contributed by atoms with Crippen molar-refractivity contribution in [2.45, 2.75) is 0 Å². The van der Waals surface area contributed by atoms with Crippen LogP contribution in [0.1, 0.15) is 0 Å². The van der Waals surface area contributed by atoms with Crippen LogP contribution in [0.25, 0.3) is 0 Å². The predicted octanol–water partition coefficient (Wildman–Crippen LogP) is 0.239. The summed E-state index contributed by atoms with van der Waals surface area (Å²) in [5.41, 5.74) is 3.01. The van der Waals surface area contributed by atoms with Crippen LogP contribution in [0, 0.1) is 0 Å². The zero-order chi connectivity index (χ0) is 5.70. The fourth-order valence-corrected chi connectivity index (χ4v) is 0.247. The minimum absolute atomic E-state index is 0.840. The van der Waals surface area contributed by atoms with Crippen molar-refractivity contribution in [3.05, 3.63) is 12.7 Å². The first-order chi connectivity index (χ1) is 3.27. The van der Waals surface area contributed by atoms with Crippen molar-refractivity contribution in [2.24, 2.45) is 0 Å². The molecule has 7 heavy (non-hydrogen) atoms. The third kappa shape index (κ3) is 5.66. The van der Waals surface area contributed by atoms with Crippen LogP contribution < -0.4 is 5.43 Å². The van der Waals surface area contributed by atoms with Gasteiger partial charge in [-0.05, 0) is 0 Å². The zero-order valence-corrected chi connectivity index (χ0v) is 4.94. The van der Waals surface area contributed by atoms with Crippen molar-refractivity contribution in [3.8, 4) is 0 Å². The van der Waals surface area contributed by atoms with Gasteiger partial charge in [-0.25, -0.2) is 0 Å². The van der Waals surface area contributed by atoms with E-state index in [1.54, 1.807) is 0 Å².